The molecule has 0 amide bonds. The number of fused-ring (bicyclic) bond motifs is 1. The predicted octanol–water partition coefficient (Wildman–Crippen LogP) is 4.95. The van der Waals surface area contributed by atoms with E-state index in [2.05, 4.69) is 33.8 Å². The van der Waals surface area contributed by atoms with Crippen LogP contribution in [0.3, 0.4) is 0 Å². The Morgan fingerprint density at radius 1 is 1.32 bits per heavy atom. The van der Waals surface area contributed by atoms with Gasteiger partial charge in [-0.25, -0.2) is 0 Å². The fourth-order valence-electron chi connectivity index (χ4n) is 4.54. The maximum atomic E-state index is 10.2. The standard InChI is InChI=1S/C18H32O/c1-13(2)7-5-8-14(3)15-10-11-16-17(19)9-6-12-18(15,16)4/h11,13-15,17,19H,5-10,12H2,1-4H3/t14?,15-,17?,18-/m1/s1. The van der Waals surface area contributed by atoms with Gasteiger partial charge in [0.25, 0.3) is 0 Å². The Balaban J connectivity index is 1.95. The van der Waals surface area contributed by atoms with E-state index in [9.17, 15) is 5.11 Å². The van der Waals surface area contributed by atoms with Crippen LogP contribution in [0.15, 0.2) is 11.6 Å². The molecule has 0 saturated heterocycles. The monoisotopic (exact) mass is 264 g/mol. The van der Waals surface area contributed by atoms with Crippen LogP contribution < -0.4 is 0 Å². The van der Waals surface area contributed by atoms with Gasteiger partial charge in [0.2, 0.25) is 0 Å². The highest BCUT2D eigenvalue weighted by Gasteiger charge is 2.47. The van der Waals surface area contributed by atoms with Crippen molar-refractivity contribution in [2.75, 3.05) is 0 Å². The van der Waals surface area contributed by atoms with Gasteiger partial charge < -0.3 is 5.11 Å². The summed E-state index contributed by atoms with van der Waals surface area (Å²) in [5.41, 5.74) is 1.68. The molecule has 2 aliphatic rings. The second-order valence-electron chi connectivity index (χ2n) is 7.63. The largest absolute Gasteiger partial charge is 0.389 e. The number of allylic oxidation sites excluding steroid dienone is 1. The first-order chi connectivity index (χ1) is 8.95. The maximum Gasteiger partial charge on any atom is 0.0755 e. The molecule has 2 rings (SSSR count). The zero-order valence-corrected chi connectivity index (χ0v) is 13.3. The minimum atomic E-state index is -0.147. The molecule has 0 radical (unpaired) electrons. The van der Waals surface area contributed by atoms with Crippen LogP contribution in [0.25, 0.3) is 0 Å². The Bertz CT molecular complexity index is 331. The molecule has 4 atom stereocenters. The van der Waals surface area contributed by atoms with Gasteiger partial charge in [-0.05, 0) is 54.4 Å². The lowest BCUT2D eigenvalue weighted by Crippen LogP contribution is -2.37. The summed E-state index contributed by atoms with van der Waals surface area (Å²) in [4.78, 5) is 0. The highest BCUT2D eigenvalue weighted by Crippen LogP contribution is 2.55. The average Bonchev–Trinajstić information content (AvgIpc) is 2.67. The van der Waals surface area contributed by atoms with E-state index in [0.717, 1.165) is 24.2 Å². The van der Waals surface area contributed by atoms with Crippen LogP contribution in [0, 0.1) is 23.2 Å². The Morgan fingerprint density at radius 2 is 2.05 bits per heavy atom. The van der Waals surface area contributed by atoms with Gasteiger partial charge in [-0.1, -0.05) is 53.0 Å². The van der Waals surface area contributed by atoms with Crippen molar-refractivity contribution in [3.8, 4) is 0 Å². The predicted molar refractivity (Wildman–Crippen MR) is 82.0 cm³/mol. The van der Waals surface area contributed by atoms with Crippen molar-refractivity contribution in [1.29, 1.82) is 0 Å². The molecular weight excluding hydrogens is 232 g/mol. The lowest BCUT2D eigenvalue weighted by Gasteiger charge is -2.43. The van der Waals surface area contributed by atoms with Crippen molar-refractivity contribution < 1.29 is 5.11 Å². The van der Waals surface area contributed by atoms with Crippen molar-refractivity contribution in [3.63, 3.8) is 0 Å². The van der Waals surface area contributed by atoms with E-state index in [1.165, 1.54) is 44.1 Å². The molecule has 1 fully saturated rings. The first kappa shape index (κ1) is 15.1. The summed E-state index contributed by atoms with van der Waals surface area (Å²) in [6, 6.07) is 0. The molecule has 0 aromatic heterocycles. The summed E-state index contributed by atoms with van der Waals surface area (Å²) in [6.45, 7) is 9.49. The Kier molecular flexibility index (Phi) is 4.76. The van der Waals surface area contributed by atoms with Crippen LogP contribution in [0.2, 0.25) is 0 Å². The van der Waals surface area contributed by atoms with Crippen molar-refractivity contribution in [1.82, 2.24) is 0 Å². The van der Waals surface area contributed by atoms with E-state index in [0.29, 0.717) is 5.41 Å². The third-order valence-corrected chi connectivity index (χ3v) is 5.73. The molecule has 0 aromatic rings. The van der Waals surface area contributed by atoms with E-state index >= 15 is 0 Å². The minimum Gasteiger partial charge on any atom is -0.389 e. The number of hydrogen-bond acceptors (Lipinski definition) is 1. The van der Waals surface area contributed by atoms with Gasteiger partial charge in [0.1, 0.15) is 0 Å². The maximum absolute atomic E-state index is 10.2. The quantitative estimate of drug-likeness (QED) is 0.697. The molecule has 1 heteroatoms. The van der Waals surface area contributed by atoms with Crippen LogP contribution >= 0.6 is 0 Å². The van der Waals surface area contributed by atoms with Gasteiger partial charge >= 0.3 is 0 Å². The van der Waals surface area contributed by atoms with Gasteiger partial charge in [0, 0.05) is 0 Å². The summed E-state index contributed by atoms with van der Waals surface area (Å²) < 4.78 is 0. The third kappa shape index (κ3) is 3.07. The van der Waals surface area contributed by atoms with Crippen LogP contribution in [0.4, 0.5) is 0 Å². The second-order valence-corrected chi connectivity index (χ2v) is 7.63. The van der Waals surface area contributed by atoms with Crippen LogP contribution in [0.5, 0.6) is 0 Å². The van der Waals surface area contributed by atoms with E-state index < -0.39 is 0 Å². The molecule has 1 saturated carbocycles. The second kappa shape index (κ2) is 5.99. The molecular formula is C18H32O. The summed E-state index contributed by atoms with van der Waals surface area (Å²) in [6.07, 6.45) is 11.0. The molecule has 0 heterocycles. The van der Waals surface area contributed by atoms with E-state index in [4.69, 9.17) is 0 Å². The van der Waals surface area contributed by atoms with Gasteiger partial charge in [-0.2, -0.15) is 0 Å². The van der Waals surface area contributed by atoms with E-state index in [1.54, 1.807) is 0 Å². The van der Waals surface area contributed by atoms with E-state index in [1.807, 2.05) is 0 Å². The molecule has 2 aliphatic carbocycles. The molecule has 0 aromatic carbocycles. The van der Waals surface area contributed by atoms with Crippen molar-refractivity contribution in [3.05, 3.63) is 11.6 Å². The van der Waals surface area contributed by atoms with Gasteiger partial charge in [-0.3, -0.25) is 0 Å². The smallest absolute Gasteiger partial charge is 0.0755 e. The SMILES string of the molecule is CC(C)CCCC(C)[C@H]1CC=C2C(O)CCC[C@@]21C. The zero-order chi connectivity index (χ0) is 14.0. The normalized spacial score (nSPS) is 36.2. The molecule has 110 valence electrons. The lowest BCUT2D eigenvalue weighted by atomic mass is 9.63. The molecule has 0 bridgehead atoms. The third-order valence-electron chi connectivity index (χ3n) is 5.73. The number of aliphatic hydroxyl groups excluding tert-OH is 1. The molecule has 1 N–H and O–H groups in total. The molecule has 2 unspecified atom stereocenters. The Hall–Kier alpha value is -0.300. The van der Waals surface area contributed by atoms with Crippen molar-refractivity contribution in [2.45, 2.75) is 78.7 Å². The van der Waals surface area contributed by atoms with Gasteiger partial charge in [-0.15, -0.1) is 0 Å². The first-order valence-corrected chi connectivity index (χ1v) is 8.33. The summed E-state index contributed by atoms with van der Waals surface area (Å²) in [5.74, 6) is 2.39. The van der Waals surface area contributed by atoms with Crippen LogP contribution in [0.1, 0.15) is 72.6 Å². The van der Waals surface area contributed by atoms with Crippen LogP contribution in [-0.2, 0) is 0 Å². The summed E-state index contributed by atoms with van der Waals surface area (Å²) in [5, 5.41) is 10.2. The number of hydrogen-bond donors (Lipinski definition) is 1. The number of rotatable bonds is 5. The summed E-state index contributed by atoms with van der Waals surface area (Å²) >= 11 is 0. The minimum absolute atomic E-state index is 0.147. The molecule has 0 spiro atoms. The number of aliphatic hydroxyl groups is 1. The van der Waals surface area contributed by atoms with E-state index in [-0.39, 0.29) is 6.10 Å². The molecule has 0 aliphatic heterocycles. The van der Waals surface area contributed by atoms with Crippen molar-refractivity contribution in [2.24, 2.45) is 23.2 Å². The fourth-order valence-corrected chi connectivity index (χ4v) is 4.54. The van der Waals surface area contributed by atoms with Crippen molar-refractivity contribution >= 4 is 0 Å². The first-order valence-electron chi connectivity index (χ1n) is 8.33. The Labute approximate surface area is 119 Å². The lowest BCUT2D eigenvalue weighted by molar-refractivity contribution is 0.0809. The fraction of sp³-hybridized carbons (Fsp3) is 0.889. The highest BCUT2D eigenvalue weighted by molar-refractivity contribution is 5.27. The van der Waals surface area contributed by atoms with Gasteiger partial charge in [0.05, 0.1) is 6.10 Å². The molecule has 19 heavy (non-hydrogen) atoms. The topological polar surface area (TPSA) is 20.2 Å². The molecule has 1 nitrogen and oxygen atoms in total. The Morgan fingerprint density at radius 3 is 2.74 bits per heavy atom. The summed E-state index contributed by atoms with van der Waals surface area (Å²) in [7, 11) is 0. The van der Waals surface area contributed by atoms with Gasteiger partial charge in [0.15, 0.2) is 0 Å². The zero-order valence-electron chi connectivity index (χ0n) is 13.3. The highest BCUT2D eigenvalue weighted by atomic mass is 16.3. The van der Waals surface area contributed by atoms with Crippen LogP contribution in [-0.4, -0.2) is 11.2 Å². The average molecular weight is 264 g/mol.